The predicted octanol–water partition coefficient (Wildman–Crippen LogP) is 3.36. The summed E-state index contributed by atoms with van der Waals surface area (Å²) in [7, 11) is 1.60. The average molecular weight is 408 g/mol. The molecule has 3 heterocycles. The first-order valence-electron chi connectivity index (χ1n) is 8.69. The maximum atomic E-state index is 12.6. The van der Waals surface area contributed by atoms with E-state index in [0.717, 1.165) is 34.1 Å². The quantitative estimate of drug-likeness (QED) is 0.678. The van der Waals surface area contributed by atoms with Crippen molar-refractivity contribution in [1.82, 2.24) is 15.6 Å². The highest BCUT2D eigenvalue weighted by Gasteiger charge is 2.39. The Hall–Kier alpha value is -1.93. The molecule has 0 radical (unpaired) electrons. The number of amides is 1. The fraction of sp³-hybridized carbons (Fsp3) is 0.368. The van der Waals surface area contributed by atoms with Crippen LogP contribution in [0.2, 0.25) is 0 Å². The highest BCUT2D eigenvalue weighted by Crippen LogP contribution is 2.31. The van der Waals surface area contributed by atoms with Gasteiger partial charge in [-0.05, 0) is 50.2 Å². The van der Waals surface area contributed by atoms with E-state index in [0.29, 0.717) is 25.1 Å². The van der Waals surface area contributed by atoms with Crippen molar-refractivity contribution < 1.29 is 13.9 Å². The SMILES string of the molecule is COC1(C(=O)NCc2ccc(-c3nc4ccccc4s3)o2)CCNCC1.Cl. The molecule has 0 atom stereocenters. The van der Waals surface area contributed by atoms with E-state index in [-0.39, 0.29) is 18.3 Å². The van der Waals surface area contributed by atoms with E-state index in [2.05, 4.69) is 15.6 Å². The lowest BCUT2D eigenvalue weighted by atomic mass is 9.91. The Bertz CT molecular complexity index is 885. The van der Waals surface area contributed by atoms with Gasteiger partial charge in [0.05, 0.1) is 16.8 Å². The largest absolute Gasteiger partial charge is 0.457 e. The van der Waals surface area contributed by atoms with Gasteiger partial charge in [0.25, 0.3) is 5.91 Å². The number of nitrogens with one attached hydrogen (secondary N) is 2. The molecule has 0 saturated carbocycles. The van der Waals surface area contributed by atoms with Crippen molar-refractivity contribution >= 4 is 39.9 Å². The number of carbonyl (C=O) groups excluding carboxylic acids is 1. The molecule has 1 aliphatic heterocycles. The number of hydrogen-bond acceptors (Lipinski definition) is 6. The molecule has 1 aromatic carbocycles. The van der Waals surface area contributed by atoms with Crippen molar-refractivity contribution in [1.29, 1.82) is 0 Å². The molecular weight excluding hydrogens is 386 g/mol. The Morgan fingerprint density at radius 3 is 2.81 bits per heavy atom. The van der Waals surface area contributed by atoms with Gasteiger partial charge in [-0.3, -0.25) is 4.79 Å². The number of halogens is 1. The molecule has 8 heteroatoms. The van der Waals surface area contributed by atoms with E-state index in [1.807, 2.05) is 36.4 Å². The molecular formula is C19H22ClN3O3S. The summed E-state index contributed by atoms with van der Waals surface area (Å²) in [6.07, 6.45) is 1.34. The Balaban J connectivity index is 0.00000210. The number of fused-ring (bicyclic) bond motifs is 1. The zero-order valence-electron chi connectivity index (χ0n) is 15.0. The number of benzene rings is 1. The van der Waals surface area contributed by atoms with E-state index >= 15 is 0 Å². The fourth-order valence-electron chi connectivity index (χ4n) is 3.25. The highest BCUT2D eigenvalue weighted by atomic mass is 35.5. The second kappa shape index (κ2) is 8.39. The molecule has 1 amide bonds. The van der Waals surface area contributed by atoms with Crippen molar-refractivity contribution in [3.8, 4) is 10.8 Å². The second-order valence-corrected chi connectivity index (χ2v) is 7.41. The second-order valence-electron chi connectivity index (χ2n) is 6.38. The summed E-state index contributed by atoms with van der Waals surface area (Å²) in [6.45, 7) is 1.90. The van der Waals surface area contributed by atoms with Gasteiger partial charge >= 0.3 is 0 Å². The number of aromatic nitrogens is 1. The summed E-state index contributed by atoms with van der Waals surface area (Å²) < 4.78 is 12.6. The van der Waals surface area contributed by atoms with Crippen LogP contribution in [0.4, 0.5) is 0 Å². The molecule has 6 nitrogen and oxygen atoms in total. The van der Waals surface area contributed by atoms with Crippen LogP contribution in [0, 0.1) is 0 Å². The van der Waals surface area contributed by atoms with Gasteiger partial charge < -0.3 is 19.8 Å². The minimum atomic E-state index is -0.742. The molecule has 0 spiro atoms. The van der Waals surface area contributed by atoms with Gasteiger partial charge in [-0.1, -0.05) is 12.1 Å². The number of rotatable bonds is 5. The van der Waals surface area contributed by atoms with Crippen LogP contribution in [-0.2, 0) is 16.1 Å². The molecule has 3 aromatic rings. The molecule has 2 N–H and O–H groups in total. The Morgan fingerprint density at radius 1 is 1.30 bits per heavy atom. The smallest absolute Gasteiger partial charge is 0.252 e. The first kappa shape index (κ1) is 19.8. The number of piperidine rings is 1. The summed E-state index contributed by atoms with van der Waals surface area (Å²) >= 11 is 1.59. The van der Waals surface area contributed by atoms with Crippen LogP contribution < -0.4 is 10.6 Å². The first-order valence-corrected chi connectivity index (χ1v) is 9.51. The van der Waals surface area contributed by atoms with Gasteiger partial charge in [0.1, 0.15) is 11.4 Å². The Kier molecular flexibility index (Phi) is 6.16. The number of ether oxygens (including phenoxy) is 1. The van der Waals surface area contributed by atoms with E-state index in [4.69, 9.17) is 9.15 Å². The number of thiazole rings is 1. The lowest BCUT2D eigenvalue weighted by Crippen LogP contribution is -2.53. The summed E-state index contributed by atoms with van der Waals surface area (Å²) in [5.74, 6) is 1.34. The van der Waals surface area contributed by atoms with Crippen LogP contribution in [-0.4, -0.2) is 36.7 Å². The van der Waals surface area contributed by atoms with Crippen LogP contribution in [0.25, 0.3) is 21.0 Å². The number of furan rings is 1. The van der Waals surface area contributed by atoms with Crippen molar-refractivity contribution in [2.24, 2.45) is 0 Å². The lowest BCUT2D eigenvalue weighted by molar-refractivity contribution is -0.147. The molecule has 1 saturated heterocycles. The summed E-state index contributed by atoms with van der Waals surface area (Å²) in [4.78, 5) is 17.2. The molecule has 1 aliphatic rings. The van der Waals surface area contributed by atoms with Crippen LogP contribution in [0.15, 0.2) is 40.8 Å². The Morgan fingerprint density at radius 2 is 2.07 bits per heavy atom. The van der Waals surface area contributed by atoms with E-state index in [1.54, 1.807) is 18.4 Å². The standard InChI is InChI=1S/C19H21N3O3S.ClH/c1-24-19(8-10-20-11-9-19)18(23)21-12-13-6-7-15(25-13)17-22-14-4-2-3-5-16(14)26-17;/h2-7,20H,8-12H2,1H3,(H,21,23);1H. The Labute approximate surface area is 167 Å². The molecule has 27 heavy (non-hydrogen) atoms. The minimum Gasteiger partial charge on any atom is -0.457 e. The molecule has 1 fully saturated rings. The fourth-order valence-corrected chi connectivity index (χ4v) is 4.18. The van der Waals surface area contributed by atoms with Crippen LogP contribution in [0.5, 0.6) is 0 Å². The minimum absolute atomic E-state index is 0. The zero-order valence-corrected chi connectivity index (χ0v) is 16.6. The van der Waals surface area contributed by atoms with Gasteiger partial charge in [-0.2, -0.15) is 0 Å². The van der Waals surface area contributed by atoms with Gasteiger partial charge in [-0.15, -0.1) is 23.7 Å². The molecule has 0 aliphatic carbocycles. The van der Waals surface area contributed by atoms with E-state index in [1.165, 1.54) is 0 Å². The molecule has 144 valence electrons. The van der Waals surface area contributed by atoms with Crippen molar-refractivity contribution in [3.05, 3.63) is 42.2 Å². The highest BCUT2D eigenvalue weighted by molar-refractivity contribution is 7.21. The molecule has 0 bridgehead atoms. The van der Waals surface area contributed by atoms with Gasteiger partial charge in [-0.25, -0.2) is 4.98 Å². The van der Waals surface area contributed by atoms with E-state index < -0.39 is 5.60 Å². The van der Waals surface area contributed by atoms with Gasteiger partial charge in [0.15, 0.2) is 10.8 Å². The number of hydrogen-bond donors (Lipinski definition) is 2. The maximum absolute atomic E-state index is 12.6. The number of carbonyl (C=O) groups is 1. The molecule has 2 aromatic heterocycles. The van der Waals surface area contributed by atoms with Crippen LogP contribution >= 0.6 is 23.7 Å². The third-order valence-corrected chi connectivity index (χ3v) is 5.86. The van der Waals surface area contributed by atoms with Crippen LogP contribution in [0.3, 0.4) is 0 Å². The van der Waals surface area contributed by atoms with E-state index in [9.17, 15) is 4.79 Å². The summed E-state index contributed by atoms with van der Waals surface area (Å²) in [5, 5.41) is 7.04. The summed E-state index contributed by atoms with van der Waals surface area (Å²) in [5.41, 5.74) is 0.222. The molecule has 4 rings (SSSR count). The van der Waals surface area contributed by atoms with Gasteiger partial charge in [0, 0.05) is 7.11 Å². The number of para-hydroxylation sites is 1. The van der Waals surface area contributed by atoms with Gasteiger partial charge in [0.2, 0.25) is 0 Å². The van der Waals surface area contributed by atoms with Crippen molar-refractivity contribution in [3.63, 3.8) is 0 Å². The number of nitrogens with zero attached hydrogens (tertiary/aromatic N) is 1. The molecule has 0 unspecified atom stereocenters. The maximum Gasteiger partial charge on any atom is 0.252 e. The normalized spacial score (nSPS) is 16.0. The monoisotopic (exact) mass is 407 g/mol. The topological polar surface area (TPSA) is 76.4 Å². The first-order chi connectivity index (χ1) is 12.7. The zero-order chi connectivity index (χ0) is 18.0. The van der Waals surface area contributed by atoms with Crippen molar-refractivity contribution in [2.75, 3.05) is 20.2 Å². The predicted molar refractivity (Wildman–Crippen MR) is 108 cm³/mol. The third kappa shape index (κ3) is 4.01. The summed E-state index contributed by atoms with van der Waals surface area (Å²) in [6, 6.07) is 11.8. The van der Waals surface area contributed by atoms with Crippen molar-refractivity contribution in [2.45, 2.75) is 25.0 Å². The van der Waals surface area contributed by atoms with Crippen LogP contribution in [0.1, 0.15) is 18.6 Å². The lowest BCUT2D eigenvalue weighted by Gasteiger charge is -2.34. The number of methoxy groups -OCH3 is 1. The average Bonchev–Trinajstić information content (AvgIpc) is 3.33. The third-order valence-electron chi connectivity index (χ3n) is 4.81.